The van der Waals surface area contributed by atoms with Gasteiger partial charge in [-0.15, -0.1) is 0 Å². The van der Waals surface area contributed by atoms with Gasteiger partial charge in [-0.25, -0.2) is 0 Å². The van der Waals surface area contributed by atoms with E-state index < -0.39 is 0 Å². The van der Waals surface area contributed by atoms with Gasteiger partial charge in [0, 0.05) is 18.4 Å². The lowest BCUT2D eigenvalue weighted by atomic mass is 9.53. The van der Waals surface area contributed by atoms with Crippen molar-refractivity contribution < 1.29 is 0 Å². The van der Waals surface area contributed by atoms with E-state index in [1.165, 1.54) is 32.1 Å². The molecule has 2 nitrogen and oxygen atoms in total. The molecule has 0 radical (unpaired) electrons. The van der Waals surface area contributed by atoms with Gasteiger partial charge in [-0.3, -0.25) is 4.98 Å². The molecule has 1 heterocycles. The topological polar surface area (TPSA) is 24.9 Å². The Hall–Kier alpha value is -0.310. The Bertz CT molecular complexity index is 418. The molecule has 0 aromatic carbocycles. The lowest BCUT2D eigenvalue weighted by Gasteiger charge is -2.56. The van der Waals surface area contributed by atoms with Crippen LogP contribution in [0.4, 0.5) is 0 Å². The molecule has 1 N–H and O–H groups in total. The number of nitrogens with zero attached hydrogens (tertiary/aromatic N) is 1. The van der Waals surface area contributed by atoms with E-state index in [9.17, 15) is 0 Å². The first-order valence-electron chi connectivity index (χ1n) is 6.73. The third kappa shape index (κ3) is 2.15. The molecule has 1 spiro atoms. The van der Waals surface area contributed by atoms with Crippen LogP contribution in [0.2, 0.25) is 10.0 Å². The van der Waals surface area contributed by atoms with Crippen LogP contribution in [-0.2, 0) is 6.42 Å². The van der Waals surface area contributed by atoms with Crippen molar-refractivity contribution in [2.24, 2.45) is 5.41 Å². The maximum Gasteiger partial charge on any atom is 0.0636 e. The van der Waals surface area contributed by atoms with Gasteiger partial charge in [-0.1, -0.05) is 29.6 Å². The Labute approximate surface area is 118 Å². The van der Waals surface area contributed by atoms with Crippen LogP contribution in [0.25, 0.3) is 0 Å². The normalized spacial score (nSPS) is 24.7. The maximum absolute atomic E-state index is 6.11. The highest BCUT2D eigenvalue weighted by Crippen LogP contribution is 2.55. The molecule has 2 saturated carbocycles. The third-order valence-electron chi connectivity index (χ3n) is 4.74. The van der Waals surface area contributed by atoms with Crippen molar-refractivity contribution >= 4 is 23.2 Å². The van der Waals surface area contributed by atoms with E-state index in [4.69, 9.17) is 23.2 Å². The summed E-state index contributed by atoms with van der Waals surface area (Å²) in [6.45, 7) is 0.954. The summed E-state index contributed by atoms with van der Waals surface area (Å²) in [5, 5.41) is 5.03. The number of halogens is 2. The van der Waals surface area contributed by atoms with Gasteiger partial charge in [0.15, 0.2) is 0 Å². The molecule has 4 heteroatoms. The van der Waals surface area contributed by atoms with E-state index in [-0.39, 0.29) is 0 Å². The van der Waals surface area contributed by atoms with Crippen molar-refractivity contribution in [1.82, 2.24) is 10.3 Å². The second-order valence-corrected chi connectivity index (χ2v) is 6.41. The third-order valence-corrected chi connectivity index (χ3v) is 5.39. The van der Waals surface area contributed by atoms with Crippen LogP contribution < -0.4 is 5.32 Å². The SMILES string of the molecule is Clc1cncc(Cl)c1CCNC1CCC12CCC2. The van der Waals surface area contributed by atoms with E-state index in [1.54, 1.807) is 12.4 Å². The Balaban J connectivity index is 1.53. The van der Waals surface area contributed by atoms with E-state index in [0.717, 1.165) is 24.6 Å². The summed E-state index contributed by atoms with van der Waals surface area (Å²) < 4.78 is 0. The summed E-state index contributed by atoms with van der Waals surface area (Å²) in [7, 11) is 0. The monoisotopic (exact) mass is 284 g/mol. The van der Waals surface area contributed by atoms with E-state index in [1.807, 2.05) is 0 Å². The fraction of sp³-hybridized carbons (Fsp3) is 0.643. The molecule has 0 amide bonds. The van der Waals surface area contributed by atoms with E-state index in [2.05, 4.69) is 10.3 Å². The van der Waals surface area contributed by atoms with Gasteiger partial charge in [-0.05, 0) is 49.6 Å². The summed E-state index contributed by atoms with van der Waals surface area (Å²) >= 11 is 12.2. The van der Waals surface area contributed by atoms with Gasteiger partial charge in [0.2, 0.25) is 0 Å². The summed E-state index contributed by atoms with van der Waals surface area (Å²) in [6.07, 6.45) is 11.2. The van der Waals surface area contributed by atoms with Crippen LogP contribution in [0.5, 0.6) is 0 Å². The predicted octanol–water partition coefficient (Wildman–Crippen LogP) is 3.85. The molecule has 0 aliphatic heterocycles. The van der Waals surface area contributed by atoms with Gasteiger partial charge in [0.25, 0.3) is 0 Å². The molecule has 1 atom stereocenters. The molecule has 2 fully saturated rings. The van der Waals surface area contributed by atoms with Crippen LogP contribution in [0, 0.1) is 5.41 Å². The van der Waals surface area contributed by atoms with Gasteiger partial charge in [-0.2, -0.15) is 0 Å². The number of nitrogens with one attached hydrogen (secondary N) is 1. The van der Waals surface area contributed by atoms with Crippen molar-refractivity contribution in [1.29, 1.82) is 0 Å². The molecule has 2 aliphatic carbocycles. The maximum atomic E-state index is 6.11. The van der Waals surface area contributed by atoms with Crippen molar-refractivity contribution in [2.45, 2.75) is 44.6 Å². The minimum absolute atomic E-state index is 0.659. The zero-order valence-electron chi connectivity index (χ0n) is 10.4. The highest BCUT2D eigenvalue weighted by atomic mass is 35.5. The molecule has 18 heavy (non-hydrogen) atoms. The van der Waals surface area contributed by atoms with Crippen molar-refractivity contribution in [3.63, 3.8) is 0 Å². The number of aromatic nitrogens is 1. The molecule has 98 valence electrons. The summed E-state index contributed by atoms with van der Waals surface area (Å²) in [5.74, 6) is 0. The zero-order valence-corrected chi connectivity index (χ0v) is 11.9. The molecule has 0 bridgehead atoms. The summed E-state index contributed by atoms with van der Waals surface area (Å²) in [5.41, 5.74) is 1.68. The molecule has 2 aliphatic rings. The number of pyridine rings is 1. The first-order valence-corrected chi connectivity index (χ1v) is 7.48. The predicted molar refractivity (Wildman–Crippen MR) is 75.3 cm³/mol. The minimum Gasteiger partial charge on any atom is -0.313 e. The minimum atomic E-state index is 0.659. The van der Waals surface area contributed by atoms with Crippen molar-refractivity contribution in [3.8, 4) is 0 Å². The van der Waals surface area contributed by atoms with Crippen LogP contribution >= 0.6 is 23.2 Å². The molecule has 1 unspecified atom stereocenters. The molecule has 3 rings (SSSR count). The average molecular weight is 285 g/mol. The van der Waals surface area contributed by atoms with Crippen LogP contribution in [0.15, 0.2) is 12.4 Å². The summed E-state index contributed by atoms with van der Waals surface area (Å²) in [4.78, 5) is 3.98. The molecular formula is C14H18Cl2N2. The molecule has 0 saturated heterocycles. The molecule has 1 aromatic heterocycles. The second-order valence-electron chi connectivity index (χ2n) is 5.59. The first-order chi connectivity index (χ1) is 8.71. The fourth-order valence-electron chi connectivity index (χ4n) is 3.29. The quantitative estimate of drug-likeness (QED) is 0.908. The van der Waals surface area contributed by atoms with E-state index >= 15 is 0 Å². The van der Waals surface area contributed by atoms with Gasteiger partial charge >= 0.3 is 0 Å². The smallest absolute Gasteiger partial charge is 0.0636 e. The zero-order chi connectivity index (χ0) is 12.6. The lowest BCUT2D eigenvalue weighted by Crippen LogP contribution is -2.57. The highest BCUT2D eigenvalue weighted by Gasteiger charge is 2.49. The Kier molecular flexibility index (Phi) is 3.52. The molecule has 1 aromatic rings. The Morgan fingerprint density at radius 2 is 1.94 bits per heavy atom. The Morgan fingerprint density at radius 1 is 1.22 bits per heavy atom. The second kappa shape index (κ2) is 4.99. The number of hydrogen-bond donors (Lipinski definition) is 1. The average Bonchev–Trinajstić information content (AvgIpc) is 2.24. The fourth-order valence-corrected chi connectivity index (χ4v) is 3.85. The van der Waals surface area contributed by atoms with Gasteiger partial charge in [0.1, 0.15) is 0 Å². The van der Waals surface area contributed by atoms with Crippen LogP contribution in [0.1, 0.15) is 37.7 Å². The van der Waals surface area contributed by atoms with Crippen LogP contribution in [-0.4, -0.2) is 17.6 Å². The van der Waals surface area contributed by atoms with Gasteiger partial charge in [0.05, 0.1) is 10.0 Å². The summed E-state index contributed by atoms with van der Waals surface area (Å²) in [6, 6.07) is 0.727. The standard InChI is InChI=1S/C14H18Cl2N2/c15-11-8-17-9-12(16)10(11)3-7-18-13-2-6-14(13)4-1-5-14/h8-9,13,18H,1-7H2. The highest BCUT2D eigenvalue weighted by molar-refractivity contribution is 6.35. The largest absolute Gasteiger partial charge is 0.313 e. The van der Waals surface area contributed by atoms with Crippen molar-refractivity contribution in [3.05, 3.63) is 28.0 Å². The van der Waals surface area contributed by atoms with Gasteiger partial charge < -0.3 is 5.32 Å². The lowest BCUT2D eigenvalue weighted by molar-refractivity contribution is -0.0168. The van der Waals surface area contributed by atoms with E-state index in [0.29, 0.717) is 15.5 Å². The Morgan fingerprint density at radius 3 is 2.44 bits per heavy atom. The first kappa shape index (κ1) is 12.7. The molecular weight excluding hydrogens is 267 g/mol. The van der Waals surface area contributed by atoms with Crippen LogP contribution in [0.3, 0.4) is 0 Å². The number of hydrogen-bond acceptors (Lipinski definition) is 2. The number of rotatable bonds is 4. The van der Waals surface area contributed by atoms with Crippen molar-refractivity contribution in [2.75, 3.05) is 6.54 Å².